The van der Waals surface area contributed by atoms with Crippen molar-refractivity contribution < 1.29 is 29.6 Å². The van der Waals surface area contributed by atoms with Gasteiger partial charge < -0.3 is 30.1 Å². The fourth-order valence-electron chi connectivity index (χ4n) is 3.91. The van der Waals surface area contributed by atoms with Crippen LogP contribution < -0.4 is 14.8 Å². The van der Waals surface area contributed by atoms with Crippen LogP contribution in [-0.2, 0) is 0 Å². The van der Waals surface area contributed by atoms with Gasteiger partial charge in [0.05, 0.1) is 18.8 Å². The van der Waals surface area contributed by atoms with E-state index < -0.39 is 12.1 Å². The van der Waals surface area contributed by atoms with E-state index in [2.05, 4.69) is 5.32 Å². The lowest BCUT2D eigenvalue weighted by Gasteiger charge is -2.21. The Morgan fingerprint density at radius 1 is 1.03 bits per heavy atom. The molecule has 4 N–H and O–H groups in total. The van der Waals surface area contributed by atoms with Crippen molar-refractivity contribution in [3.63, 3.8) is 0 Å². The summed E-state index contributed by atoms with van der Waals surface area (Å²) in [7, 11) is 1.52. The zero-order valence-electron chi connectivity index (χ0n) is 19.8. The number of aliphatic hydroxyl groups excluding tert-OH is 1. The highest BCUT2D eigenvalue weighted by Crippen LogP contribution is 2.35. The SMILES string of the molecule is COc1cc(C(=O)O)ccc1-c1cc(C)c(OCCN[C@H](C)[C@H](O)c2ccc(O)cc2)c(C)c1. The number of aromatic hydroxyl groups is 1. The molecule has 7 heteroatoms. The number of aryl methyl sites for hydroxylation is 2. The summed E-state index contributed by atoms with van der Waals surface area (Å²) in [6, 6.07) is 15.1. The van der Waals surface area contributed by atoms with E-state index in [-0.39, 0.29) is 17.4 Å². The molecule has 0 aliphatic carbocycles. The number of benzene rings is 3. The highest BCUT2D eigenvalue weighted by molar-refractivity contribution is 5.90. The molecule has 0 aliphatic heterocycles. The van der Waals surface area contributed by atoms with E-state index in [0.29, 0.717) is 18.9 Å². The van der Waals surface area contributed by atoms with Gasteiger partial charge in [0.25, 0.3) is 0 Å². The van der Waals surface area contributed by atoms with Crippen molar-refractivity contribution in [1.82, 2.24) is 5.32 Å². The minimum atomic E-state index is -1.00. The van der Waals surface area contributed by atoms with Crippen LogP contribution in [0.25, 0.3) is 11.1 Å². The van der Waals surface area contributed by atoms with E-state index in [1.165, 1.54) is 13.2 Å². The van der Waals surface area contributed by atoms with Crippen LogP contribution in [0.5, 0.6) is 17.2 Å². The normalized spacial score (nSPS) is 12.7. The molecule has 0 aromatic heterocycles. The fourth-order valence-corrected chi connectivity index (χ4v) is 3.91. The van der Waals surface area contributed by atoms with Gasteiger partial charge in [0, 0.05) is 18.2 Å². The lowest BCUT2D eigenvalue weighted by atomic mass is 9.98. The maximum absolute atomic E-state index is 11.3. The van der Waals surface area contributed by atoms with Crippen LogP contribution >= 0.6 is 0 Å². The molecule has 0 aliphatic rings. The molecule has 0 bridgehead atoms. The average Bonchev–Trinajstić information content (AvgIpc) is 2.82. The number of ether oxygens (including phenoxy) is 2. The van der Waals surface area contributed by atoms with E-state index in [4.69, 9.17) is 9.47 Å². The third kappa shape index (κ3) is 5.87. The number of hydrogen-bond acceptors (Lipinski definition) is 6. The Kier molecular flexibility index (Phi) is 8.15. The second kappa shape index (κ2) is 11.0. The number of carboxylic acids is 1. The maximum Gasteiger partial charge on any atom is 0.335 e. The number of methoxy groups -OCH3 is 1. The van der Waals surface area contributed by atoms with Gasteiger partial charge in [-0.2, -0.15) is 0 Å². The van der Waals surface area contributed by atoms with Crippen LogP contribution in [0.3, 0.4) is 0 Å². The van der Waals surface area contributed by atoms with Gasteiger partial charge in [0.2, 0.25) is 0 Å². The minimum absolute atomic E-state index is 0.164. The average molecular weight is 466 g/mol. The molecule has 2 atom stereocenters. The molecule has 0 heterocycles. The van der Waals surface area contributed by atoms with Gasteiger partial charge in [-0.05, 0) is 85.5 Å². The van der Waals surface area contributed by atoms with Gasteiger partial charge >= 0.3 is 5.97 Å². The number of carbonyl (C=O) groups is 1. The summed E-state index contributed by atoms with van der Waals surface area (Å²) in [5, 5.41) is 32.4. The molecule has 0 amide bonds. The van der Waals surface area contributed by atoms with Gasteiger partial charge in [0.15, 0.2) is 0 Å². The van der Waals surface area contributed by atoms with Crippen LogP contribution in [0.15, 0.2) is 54.6 Å². The van der Waals surface area contributed by atoms with Crippen molar-refractivity contribution in [2.45, 2.75) is 32.9 Å². The summed E-state index contributed by atoms with van der Waals surface area (Å²) in [5.41, 5.74) is 4.54. The van der Waals surface area contributed by atoms with Gasteiger partial charge in [0.1, 0.15) is 23.9 Å². The van der Waals surface area contributed by atoms with Crippen LogP contribution in [0.1, 0.15) is 40.1 Å². The van der Waals surface area contributed by atoms with Gasteiger partial charge in [-0.3, -0.25) is 0 Å². The zero-order valence-corrected chi connectivity index (χ0v) is 19.8. The Bertz CT molecular complexity index is 1120. The fraction of sp³-hybridized carbons (Fsp3) is 0.296. The summed E-state index contributed by atoms with van der Waals surface area (Å²) >= 11 is 0. The lowest BCUT2D eigenvalue weighted by Crippen LogP contribution is -2.35. The van der Waals surface area contributed by atoms with Crippen molar-refractivity contribution in [2.24, 2.45) is 0 Å². The molecule has 0 unspecified atom stereocenters. The minimum Gasteiger partial charge on any atom is -0.508 e. The standard InChI is InChI=1S/C27H31NO6/c1-16-13-21(23-10-7-20(27(31)32)15-24(23)33-4)14-17(2)26(16)34-12-11-28-18(3)25(30)19-5-8-22(29)9-6-19/h5-10,13-15,18,25,28-30H,11-12H2,1-4H3,(H,31,32)/t18-,25+/m1/s1. The predicted molar refractivity (Wildman–Crippen MR) is 131 cm³/mol. The molecule has 3 aromatic rings. The molecule has 3 rings (SSSR count). The number of nitrogens with one attached hydrogen (secondary N) is 1. The molecule has 0 saturated heterocycles. The van der Waals surface area contributed by atoms with Crippen molar-refractivity contribution in [3.05, 3.63) is 76.9 Å². The molecule has 34 heavy (non-hydrogen) atoms. The third-order valence-electron chi connectivity index (χ3n) is 5.74. The van der Waals surface area contributed by atoms with Gasteiger partial charge in [-0.1, -0.05) is 12.1 Å². The topological polar surface area (TPSA) is 108 Å². The Balaban J connectivity index is 1.63. The first-order valence-electron chi connectivity index (χ1n) is 11.1. The number of rotatable bonds is 10. The van der Waals surface area contributed by atoms with Crippen LogP contribution in [0.4, 0.5) is 0 Å². The van der Waals surface area contributed by atoms with E-state index in [1.807, 2.05) is 32.9 Å². The van der Waals surface area contributed by atoms with Crippen molar-refractivity contribution in [2.75, 3.05) is 20.3 Å². The largest absolute Gasteiger partial charge is 0.508 e. The number of carboxylic acid groups (broad SMARTS) is 1. The van der Waals surface area contributed by atoms with Crippen molar-refractivity contribution in [3.8, 4) is 28.4 Å². The highest BCUT2D eigenvalue weighted by Gasteiger charge is 2.17. The molecular weight excluding hydrogens is 434 g/mol. The zero-order chi connectivity index (χ0) is 24.8. The summed E-state index contributed by atoms with van der Waals surface area (Å²) in [4.78, 5) is 11.3. The van der Waals surface area contributed by atoms with Crippen LogP contribution in [0, 0.1) is 13.8 Å². The number of hydrogen-bond donors (Lipinski definition) is 4. The van der Waals surface area contributed by atoms with Gasteiger partial charge in [-0.25, -0.2) is 4.79 Å². The first-order valence-corrected chi connectivity index (χ1v) is 11.1. The van der Waals surface area contributed by atoms with Crippen LogP contribution in [0.2, 0.25) is 0 Å². The van der Waals surface area contributed by atoms with Crippen LogP contribution in [-0.4, -0.2) is 47.6 Å². The number of aliphatic hydroxyl groups is 1. The second-order valence-corrected chi connectivity index (χ2v) is 8.29. The molecule has 0 radical (unpaired) electrons. The summed E-state index contributed by atoms with van der Waals surface area (Å²) in [6.07, 6.45) is -0.703. The van der Waals surface area contributed by atoms with Crippen molar-refractivity contribution >= 4 is 5.97 Å². The second-order valence-electron chi connectivity index (χ2n) is 8.29. The van der Waals surface area contributed by atoms with Crippen molar-refractivity contribution in [1.29, 1.82) is 0 Å². The Morgan fingerprint density at radius 2 is 1.68 bits per heavy atom. The van der Waals surface area contributed by atoms with E-state index in [9.17, 15) is 20.1 Å². The Morgan fingerprint density at radius 3 is 2.26 bits per heavy atom. The molecule has 0 fully saturated rings. The molecule has 7 nitrogen and oxygen atoms in total. The smallest absolute Gasteiger partial charge is 0.335 e. The monoisotopic (exact) mass is 465 g/mol. The van der Waals surface area contributed by atoms with E-state index in [1.54, 1.807) is 36.4 Å². The van der Waals surface area contributed by atoms with E-state index in [0.717, 1.165) is 33.6 Å². The molecule has 3 aromatic carbocycles. The Hall–Kier alpha value is -3.55. The predicted octanol–water partition coefficient (Wildman–Crippen LogP) is 4.47. The lowest BCUT2D eigenvalue weighted by molar-refractivity contribution is 0.0696. The summed E-state index contributed by atoms with van der Waals surface area (Å²) < 4.78 is 11.5. The Labute approximate surface area is 199 Å². The first kappa shape index (κ1) is 25.1. The van der Waals surface area contributed by atoms with E-state index >= 15 is 0 Å². The molecule has 0 spiro atoms. The quantitative estimate of drug-likeness (QED) is 0.327. The number of phenols is 1. The molecular formula is C27H31NO6. The van der Waals surface area contributed by atoms with Gasteiger partial charge in [-0.15, -0.1) is 0 Å². The number of phenolic OH excluding ortho intramolecular Hbond substituents is 1. The summed E-state index contributed by atoms with van der Waals surface area (Å²) in [6.45, 7) is 6.79. The maximum atomic E-state index is 11.3. The molecule has 180 valence electrons. The molecule has 0 saturated carbocycles. The summed E-state index contributed by atoms with van der Waals surface area (Å²) in [5.74, 6) is 0.452. The third-order valence-corrected chi connectivity index (χ3v) is 5.74. The highest BCUT2D eigenvalue weighted by atomic mass is 16.5. The first-order chi connectivity index (χ1) is 16.2. The number of aromatic carboxylic acids is 1.